The predicted octanol–water partition coefficient (Wildman–Crippen LogP) is 0.258. The number of nitrogens with two attached hydrogens (primary N) is 1. The number of hydrazine groups is 1. The minimum atomic E-state index is 0.0755. The normalized spacial score (nSPS) is 33.7. The average Bonchev–Trinajstić information content (AvgIpc) is 2.65. The van der Waals surface area contributed by atoms with E-state index in [0.717, 1.165) is 18.7 Å². The Morgan fingerprint density at radius 2 is 2.47 bits per heavy atom. The lowest BCUT2D eigenvalue weighted by atomic mass is 10.0. The largest absolute Gasteiger partial charge is 0.373 e. The van der Waals surface area contributed by atoms with E-state index in [9.17, 15) is 0 Å². The smallest absolute Gasteiger partial charge is 0.0906 e. The Morgan fingerprint density at radius 3 is 3.13 bits per heavy atom. The Balaban J connectivity index is 1.96. The summed E-state index contributed by atoms with van der Waals surface area (Å²) in [7, 11) is 0. The van der Waals surface area contributed by atoms with Crippen molar-refractivity contribution in [2.45, 2.75) is 38.0 Å². The van der Waals surface area contributed by atoms with Gasteiger partial charge in [-0.1, -0.05) is 12.2 Å². The molecule has 2 aliphatic rings. The van der Waals surface area contributed by atoms with Crippen molar-refractivity contribution in [1.29, 1.82) is 0 Å². The highest BCUT2D eigenvalue weighted by Crippen LogP contribution is 2.24. The molecule has 0 amide bonds. The summed E-state index contributed by atoms with van der Waals surface area (Å²) in [5.74, 6) is 5.53. The van der Waals surface area contributed by atoms with E-state index in [1.165, 1.54) is 19.4 Å². The SMILES string of the molecule is C=C(C)C(NN)C1CN2CCCC2CO1. The lowest BCUT2D eigenvalue weighted by molar-refractivity contribution is -0.0591. The second kappa shape index (κ2) is 4.61. The number of rotatable bonds is 3. The third-order valence-corrected chi connectivity index (χ3v) is 3.50. The molecule has 0 radical (unpaired) electrons. The maximum absolute atomic E-state index is 5.86. The van der Waals surface area contributed by atoms with Crippen LogP contribution in [0.5, 0.6) is 0 Å². The van der Waals surface area contributed by atoms with Gasteiger partial charge in [-0.3, -0.25) is 16.2 Å². The fourth-order valence-electron chi connectivity index (χ4n) is 2.61. The molecule has 3 atom stereocenters. The summed E-state index contributed by atoms with van der Waals surface area (Å²) in [4.78, 5) is 2.52. The molecule has 2 heterocycles. The monoisotopic (exact) mass is 211 g/mol. The third-order valence-electron chi connectivity index (χ3n) is 3.50. The van der Waals surface area contributed by atoms with Crippen LogP contribution in [-0.2, 0) is 4.74 Å². The minimum Gasteiger partial charge on any atom is -0.373 e. The van der Waals surface area contributed by atoms with Crippen molar-refractivity contribution < 1.29 is 4.74 Å². The Kier molecular flexibility index (Phi) is 3.41. The van der Waals surface area contributed by atoms with E-state index in [-0.39, 0.29) is 12.1 Å². The van der Waals surface area contributed by atoms with Gasteiger partial charge in [0.05, 0.1) is 18.8 Å². The Morgan fingerprint density at radius 1 is 1.67 bits per heavy atom. The summed E-state index contributed by atoms with van der Waals surface area (Å²) >= 11 is 0. The molecule has 0 aliphatic carbocycles. The van der Waals surface area contributed by atoms with Crippen LogP contribution in [0, 0.1) is 0 Å². The Labute approximate surface area is 91.4 Å². The zero-order valence-corrected chi connectivity index (χ0v) is 9.41. The number of morpholine rings is 1. The van der Waals surface area contributed by atoms with Gasteiger partial charge in [-0.15, -0.1) is 0 Å². The van der Waals surface area contributed by atoms with E-state index < -0.39 is 0 Å². The maximum atomic E-state index is 5.86. The van der Waals surface area contributed by atoms with Gasteiger partial charge in [0, 0.05) is 12.6 Å². The van der Waals surface area contributed by atoms with E-state index in [2.05, 4.69) is 16.9 Å². The molecule has 2 fully saturated rings. The van der Waals surface area contributed by atoms with Crippen LogP contribution >= 0.6 is 0 Å². The average molecular weight is 211 g/mol. The molecule has 0 aromatic rings. The number of nitrogens with one attached hydrogen (secondary N) is 1. The fraction of sp³-hybridized carbons (Fsp3) is 0.818. The van der Waals surface area contributed by atoms with E-state index >= 15 is 0 Å². The van der Waals surface area contributed by atoms with Gasteiger partial charge in [0.1, 0.15) is 0 Å². The molecular weight excluding hydrogens is 190 g/mol. The molecule has 0 aromatic heterocycles. The van der Waals surface area contributed by atoms with Gasteiger partial charge in [0.25, 0.3) is 0 Å². The standard InChI is InChI=1S/C11H21N3O/c1-8(2)11(13-12)10-6-14-5-3-4-9(14)7-15-10/h9-11,13H,1,3-7,12H2,2H3. The summed E-state index contributed by atoms with van der Waals surface area (Å²) in [5.41, 5.74) is 3.84. The first-order valence-electron chi connectivity index (χ1n) is 5.69. The van der Waals surface area contributed by atoms with Gasteiger partial charge in [0.15, 0.2) is 0 Å². The van der Waals surface area contributed by atoms with Gasteiger partial charge in [0.2, 0.25) is 0 Å². The molecule has 2 rings (SSSR count). The summed E-state index contributed by atoms with van der Waals surface area (Å²) in [6.07, 6.45) is 2.73. The van der Waals surface area contributed by atoms with Crippen LogP contribution in [0.4, 0.5) is 0 Å². The van der Waals surface area contributed by atoms with Crippen LogP contribution < -0.4 is 11.3 Å². The molecule has 86 valence electrons. The lowest BCUT2D eigenvalue weighted by Gasteiger charge is -2.38. The van der Waals surface area contributed by atoms with Gasteiger partial charge < -0.3 is 4.74 Å². The topological polar surface area (TPSA) is 50.5 Å². The van der Waals surface area contributed by atoms with Crippen LogP contribution in [0.1, 0.15) is 19.8 Å². The van der Waals surface area contributed by atoms with Crippen LogP contribution in [-0.4, -0.2) is 42.8 Å². The number of hydrogen-bond donors (Lipinski definition) is 2. The maximum Gasteiger partial charge on any atom is 0.0906 e. The van der Waals surface area contributed by atoms with Gasteiger partial charge in [-0.05, 0) is 26.3 Å². The van der Waals surface area contributed by atoms with Crippen molar-refractivity contribution >= 4 is 0 Å². The van der Waals surface area contributed by atoms with Gasteiger partial charge in [-0.2, -0.15) is 0 Å². The van der Waals surface area contributed by atoms with Crippen LogP contribution in [0.3, 0.4) is 0 Å². The summed E-state index contributed by atoms with van der Waals surface area (Å²) < 4.78 is 5.86. The predicted molar refractivity (Wildman–Crippen MR) is 60.3 cm³/mol. The molecule has 0 saturated carbocycles. The number of fused-ring (bicyclic) bond motifs is 1. The van der Waals surface area contributed by atoms with E-state index in [1.54, 1.807) is 0 Å². The van der Waals surface area contributed by atoms with E-state index in [1.807, 2.05) is 6.92 Å². The molecular formula is C11H21N3O. The number of nitrogens with zero attached hydrogens (tertiary/aromatic N) is 1. The van der Waals surface area contributed by atoms with E-state index in [0.29, 0.717) is 6.04 Å². The fourth-order valence-corrected chi connectivity index (χ4v) is 2.61. The van der Waals surface area contributed by atoms with Crippen LogP contribution in [0.2, 0.25) is 0 Å². The molecule has 15 heavy (non-hydrogen) atoms. The second-order valence-corrected chi connectivity index (χ2v) is 4.65. The lowest BCUT2D eigenvalue weighted by Crippen LogP contribution is -2.55. The first kappa shape index (κ1) is 11.1. The van der Waals surface area contributed by atoms with Crippen LogP contribution in [0.25, 0.3) is 0 Å². The summed E-state index contributed by atoms with van der Waals surface area (Å²) in [5, 5.41) is 0. The van der Waals surface area contributed by atoms with Gasteiger partial charge >= 0.3 is 0 Å². The quantitative estimate of drug-likeness (QED) is 0.399. The van der Waals surface area contributed by atoms with E-state index in [4.69, 9.17) is 10.6 Å². The summed E-state index contributed by atoms with van der Waals surface area (Å²) in [6.45, 7) is 8.96. The van der Waals surface area contributed by atoms with Crippen LogP contribution in [0.15, 0.2) is 12.2 Å². The highest BCUT2D eigenvalue weighted by Gasteiger charge is 2.35. The molecule has 3 N–H and O–H groups in total. The summed E-state index contributed by atoms with van der Waals surface area (Å²) in [6, 6.07) is 0.719. The highest BCUT2D eigenvalue weighted by molar-refractivity contribution is 5.06. The number of hydrogen-bond acceptors (Lipinski definition) is 4. The minimum absolute atomic E-state index is 0.0755. The zero-order chi connectivity index (χ0) is 10.8. The molecule has 4 nitrogen and oxygen atoms in total. The zero-order valence-electron chi connectivity index (χ0n) is 9.41. The molecule has 2 saturated heterocycles. The van der Waals surface area contributed by atoms with Crippen molar-refractivity contribution in [3.05, 3.63) is 12.2 Å². The third kappa shape index (κ3) is 2.23. The van der Waals surface area contributed by atoms with Crippen molar-refractivity contribution in [2.75, 3.05) is 19.7 Å². The molecule has 0 bridgehead atoms. The van der Waals surface area contributed by atoms with Crippen molar-refractivity contribution in [3.63, 3.8) is 0 Å². The second-order valence-electron chi connectivity index (χ2n) is 4.65. The highest BCUT2D eigenvalue weighted by atomic mass is 16.5. The Bertz CT molecular complexity index is 244. The van der Waals surface area contributed by atoms with Crippen molar-refractivity contribution in [3.8, 4) is 0 Å². The Hall–Kier alpha value is -0.420. The molecule has 0 aromatic carbocycles. The number of ether oxygens (including phenoxy) is 1. The molecule has 3 unspecified atom stereocenters. The van der Waals surface area contributed by atoms with Crippen molar-refractivity contribution in [1.82, 2.24) is 10.3 Å². The first-order valence-corrected chi connectivity index (χ1v) is 5.69. The first-order chi connectivity index (χ1) is 7.22. The molecule has 4 heteroatoms. The molecule has 0 spiro atoms. The molecule has 2 aliphatic heterocycles. The van der Waals surface area contributed by atoms with Gasteiger partial charge in [-0.25, -0.2) is 0 Å². The van der Waals surface area contributed by atoms with Crippen molar-refractivity contribution in [2.24, 2.45) is 5.84 Å².